The maximum Gasteiger partial charge on any atom is 0.106 e. The standard InChI is InChI=1S/C13H13BrN2S/c1-9-6-7-10(8-15)13(16-9)17-12-5-3-2-4-11(12)14/h2-7H,8,15H2,1H3. The monoisotopic (exact) mass is 308 g/mol. The molecule has 0 aliphatic rings. The summed E-state index contributed by atoms with van der Waals surface area (Å²) in [6.07, 6.45) is 0. The van der Waals surface area contributed by atoms with Crippen molar-refractivity contribution in [3.05, 3.63) is 52.1 Å². The van der Waals surface area contributed by atoms with Crippen LogP contribution in [0, 0.1) is 6.92 Å². The Labute approximate surface area is 114 Å². The predicted octanol–water partition coefficient (Wildman–Crippen LogP) is 3.76. The SMILES string of the molecule is Cc1ccc(CN)c(Sc2ccccc2Br)n1. The van der Waals surface area contributed by atoms with Crippen LogP contribution in [0.2, 0.25) is 0 Å². The third kappa shape index (κ3) is 3.09. The molecular weight excluding hydrogens is 296 g/mol. The summed E-state index contributed by atoms with van der Waals surface area (Å²) in [5, 5.41) is 0.986. The lowest BCUT2D eigenvalue weighted by atomic mass is 10.2. The Hall–Kier alpha value is -0.840. The van der Waals surface area contributed by atoms with Crippen LogP contribution in [0.5, 0.6) is 0 Å². The Morgan fingerprint density at radius 1 is 1.24 bits per heavy atom. The second kappa shape index (κ2) is 5.67. The Kier molecular flexibility index (Phi) is 4.20. The van der Waals surface area contributed by atoms with Crippen LogP contribution in [0.25, 0.3) is 0 Å². The number of pyridine rings is 1. The van der Waals surface area contributed by atoms with Crippen molar-refractivity contribution < 1.29 is 0 Å². The maximum atomic E-state index is 5.73. The minimum absolute atomic E-state index is 0.514. The van der Waals surface area contributed by atoms with Gasteiger partial charge < -0.3 is 5.73 Å². The maximum absolute atomic E-state index is 5.73. The molecule has 4 heteroatoms. The van der Waals surface area contributed by atoms with Gasteiger partial charge in [0, 0.05) is 21.6 Å². The van der Waals surface area contributed by atoms with E-state index in [1.165, 1.54) is 0 Å². The van der Waals surface area contributed by atoms with Crippen LogP contribution >= 0.6 is 27.7 Å². The number of hydrogen-bond donors (Lipinski definition) is 1. The highest BCUT2D eigenvalue weighted by Gasteiger charge is 2.07. The molecule has 0 unspecified atom stereocenters. The van der Waals surface area contributed by atoms with E-state index in [1.807, 2.05) is 37.3 Å². The van der Waals surface area contributed by atoms with Gasteiger partial charge in [-0.1, -0.05) is 30.0 Å². The van der Waals surface area contributed by atoms with Crippen LogP contribution in [0.1, 0.15) is 11.3 Å². The zero-order valence-corrected chi connectivity index (χ0v) is 11.9. The van der Waals surface area contributed by atoms with Crippen LogP contribution in [0.4, 0.5) is 0 Å². The largest absolute Gasteiger partial charge is 0.326 e. The van der Waals surface area contributed by atoms with E-state index in [1.54, 1.807) is 11.8 Å². The van der Waals surface area contributed by atoms with Crippen molar-refractivity contribution in [1.29, 1.82) is 0 Å². The van der Waals surface area contributed by atoms with Gasteiger partial charge in [0.15, 0.2) is 0 Å². The molecule has 0 saturated carbocycles. The molecule has 0 aliphatic carbocycles. The van der Waals surface area contributed by atoms with Gasteiger partial charge in [-0.25, -0.2) is 4.98 Å². The van der Waals surface area contributed by atoms with Crippen LogP contribution in [0.15, 0.2) is 50.8 Å². The average molecular weight is 309 g/mol. The van der Waals surface area contributed by atoms with Gasteiger partial charge in [-0.3, -0.25) is 0 Å². The fourth-order valence-corrected chi connectivity index (χ4v) is 2.96. The van der Waals surface area contributed by atoms with Crippen LogP contribution in [-0.4, -0.2) is 4.98 Å². The van der Waals surface area contributed by atoms with Gasteiger partial charge in [0.1, 0.15) is 5.03 Å². The smallest absolute Gasteiger partial charge is 0.106 e. The van der Waals surface area contributed by atoms with Crippen molar-refractivity contribution in [2.75, 3.05) is 0 Å². The van der Waals surface area contributed by atoms with E-state index in [-0.39, 0.29) is 0 Å². The number of aryl methyl sites for hydroxylation is 1. The van der Waals surface area contributed by atoms with E-state index in [0.717, 1.165) is 25.7 Å². The molecule has 88 valence electrons. The van der Waals surface area contributed by atoms with Crippen molar-refractivity contribution in [3.8, 4) is 0 Å². The molecule has 0 radical (unpaired) electrons. The van der Waals surface area contributed by atoms with Crippen molar-refractivity contribution in [3.63, 3.8) is 0 Å². The molecule has 1 heterocycles. The minimum Gasteiger partial charge on any atom is -0.326 e. The Morgan fingerprint density at radius 2 is 2.00 bits per heavy atom. The van der Waals surface area contributed by atoms with Gasteiger partial charge in [0.2, 0.25) is 0 Å². The molecule has 0 spiro atoms. The summed E-state index contributed by atoms with van der Waals surface area (Å²) in [5.41, 5.74) is 7.82. The first-order chi connectivity index (χ1) is 8.20. The average Bonchev–Trinajstić information content (AvgIpc) is 2.32. The summed E-state index contributed by atoms with van der Waals surface area (Å²) in [4.78, 5) is 5.70. The highest BCUT2D eigenvalue weighted by Crippen LogP contribution is 2.33. The van der Waals surface area contributed by atoms with E-state index in [0.29, 0.717) is 6.54 Å². The lowest BCUT2D eigenvalue weighted by molar-refractivity contribution is 0.941. The zero-order chi connectivity index (χ0) is 12.3. The van der Waals surface area contributed by atoms with Crippen LogP contribution in [-0.2, 0) is 6.54 Å². The normalized spacial score (nSPS) is 10.5. The Morgan fingerprint density at radius 3 is 2.71 bits per heavy atom. The predicted molar refractivity (Wildman–Crippen MR) is 75.1 cm³/mol. The molecule has 0 amide bonds. The quantitative estimate of drug-likeness (QED) is 0.938. The molecule has 0 atom stereocenters. The number of aromatic nitrogens is 1. The van der Waals surface area contributed by atoms with Gasteiger partial charge in [-0.05, 0) is 46.6 Å². The van der Waals surface area contributed by atoms with Gasteiger partial charge >= 0.3 is 0 Å². The fraction of sp³-hybridized carbons (Fsp3) is 0.154. The molecule has 2 N–H and O–H groups in total. The summed E-state index contributed by atoms with van der Waals surface area (Å²) in [6, 6.07) is 12.2. The van der Waals surface area contributed by atoms with Crippen molar-refractivity contribution in [1.82, 2.24) is 4.98 Å². The summed E-state index contributed by atoms with van der Waals surface area (Å²) in [6.45, 7) is 2.50. The van der Waals surface area contributed by atoms with Gasteiger partial charge in [0.05, 0.1) is 0 Å². The molecule has 1 aromatic carbocycles. The van der Waals surface area contributed by atoms with Gasteiger partial charge in [-0.15, -0.1) is 0 Å². The molecule has 2 nitrogen and oxygen atoms in total. The summed E-state index contributed by atoms with van der Waals surface area (Å²) in [7, 11) is 0. The van der Waals surface area contributed by atoms with Crippen LogP contribution < -0.4 is 5.73 Å². The lowest BCUT2D eigenvalue weighted by Gasteiger charge is -2.08. The first-order valence-corrected chi connectivity index (χ1v) is 6.90. The number of benzene rings is 1. The molecule has 17 heavy (non-hydrogen) atoms. The number of hydrogen-bond acceptors (Lipinski definition) is 3. The molecule has 0 fully saturated rings. The summed E-state index contributed by atoms with van der Waals surface area (Å²) >= 11 is 5.18. The highest BCUT2D eigenvalue weighted by molar-refractivity contribution is 9.10. The van der Waals surface area contributed by atoms with E-state index >= 15 is 0 Å². The van der Waals surface area contributed by atoms with E-state index in [4.69, 9.17) is 5.73 Å². The molecule has 2 rings (SSSR count). The van der Waals surface area contributed by atoms with Gasteiger partial charge in [-0.2, -0.15) is 0 Å². The number of nitrogens with two attached hydrogens (primary N) is 1. The van der Waals surface area contributed by atoms with E-state index in [2.05, 4.69) is 27.0 Å². The second-order valence-electron chi connectivity index (χ2n) is 3.65. The number of halogens is 1. The molecule has 2 aromatic rings. The number of rotatable bonds is 3. The molecule has 1 aromatic heterocycles. The molecule has 0 bridgehead atoms. The minimum atomic E-state index is 0.514. The first kappa shape index (κ1) is 12.6. The topological polar surface area (TPSA) is 38.9 Å². The lowest BCUT2D eigenvalue weighted by Crippen LogP contribution is -2.00. The van der Waals surface area contributed by atoms with Crippen molar-refractivity contribution in [2.24, 2.45) is 5.73 Å². The first-order valence-electron chi connectivity index (χ1n) is 5.29. The molecule has 0 saturated heterocycles. The summed E-state index contributed by atoms with van der Waals surface area (Å²) in [5.74, 6) is 0. The van der Waals surface area contributed by atoms with E-state index < -0.39 is 0 Å². The third-order valence-corrected chi connectivity index (χ3v) is 4.42. The Bertz CT molecular complexity index is 529. The van der Waals surface area contributed by atoms with Crippen molar-refractivity contribution in [2.45, 2.75) is 23.4 Å². The van der Waals surface area contributed by atoms with E-state index in [9.17, 15) is 0 Å². The molecular formula is C13H13BrN2S. The van der Waals surface area contributed by atoms with Crippen LogP contribution in [0.3, 0.4) is 0 Å². The number of nitrogens with zero attached hydrogens (tertiary/aromatic N) is 1. The summed E-state index contributed by atoms with van der Waals surface area (Å²) < 4.78 is 1.08. The van der Waals surface area contributed by atoms with Gasteiger partial charge in [0.25, 0.3) is 0 Å². The third-order valence-electron chi connectivity index (χ3n) is 2.34. The fourth-order valence-electron chi connectivity index (χ4n) is 1.44. The van der Waals surface area contributed by atoms with Crippen molar-refractivity contribution >= 4 is 27.7 Å². The highest BCUT2D eigenvalue weighted by atomic mass is 79.9. The zero-order valence-electron chi connectivity index (χ0n) is 9.48. The molecule has 0 aliphatic heterocycles. The Balaban J connectivity index is 2.35. The second-order valence-corrected chi connectivity index (χ2v) is 5.54.